The van der Waals surface area contributed by atoms with Gasteiger partial charge in [-0.15, -0.1) is 0 Å². The fourth-order valence-electron chi connectivity index (χ4n) is 2.76. The zero-order chi connectivity index (χ0) is 10.9. The summed E-state index contributed by atoms with van der Waals surface area (Å²) in [5, 5.41) is 14.5. The van der Waals surface area contributed by atoms with Crippen molar-refractivity contribution >= 4 is 11.3 Å². The van der Waals surface area contributed by atoms with Gasteiger partial charge in [0.2, 0.25) is 0 Å². The van der Waals surface area contributed by atoms with Crippen molar-refractivity contribution in [2.45, 2.75) is 32.3 Å². The second kappa shape index (κ2) is 4.24. The summed E-state index contributed by atoms with van der Waals surface area (Å²) < 4.78 is 0. The highest BCUT2D eigenvalue weighted by Crippen LogP contribution is 2.49. The van der Waals surface area contributed by atoms with Gasteiger partial charge >= 0.3 is 0 Å². The summed E-state index contributed by atoms with van der Waals surface area (Å²) >= 11 is 1.64. The molecule has 0 amide bonds. The Labute approximate surface area is 95.1 Å². The second-order valence-corrected chi connectivity index (χ2v) is 5.65. The highest BCUT2D eigenvalue weighted by atomic mass is 32.1. The number of hydrogen-bond donors (Lipinski definition) is 2. The van der Waals surface area contributed by atoms with Gasteiger partial charge in [-0.25, -0.2) is 0 Å². The van der Waals surface area contributed by atoms with Crippen LogP contribution < -0.4 is 5.73 Å². The molecule has 2 nitrogen and oxygen atoms in total. The largest absolute Gasteiger partial charge is 0.388 e. The van der Waals surface area contributed by atoms with Crippen LogP contribution in [0.2, 0.25) is 0 Å². The third kappa shape index (κ3) is 1.96. The Bertz CT molecular complexity index is 311. The van der Waals surface area contributed by atoms with Crippen LogP contribution in [0.1, 0.15) is 37.9 Å². The van der Waals surface area contributed by atoms with Gasteiger partial charge in [0.05, 0.1) is 6.10 Å². The van der Waals surface area contributed by atoms with Gasteiger partial charge in [-0.2, -0.15) is 11.3 Å². The fourth-order valence-corrected chi connectivity index (χ4v) is 3.44. The normalized spacial score (nSPS) is 33.1. The van der Waals surface area contributed by atoms with Crippen molar-refractivity contribution in [1.29, 1.82) is 0 Å². The van der Waals surface area contributed by atoms with Gasteiger partial charge in [0.25, 0.3) is 0 Å². The van der Waals surface area contributed by atoms with Gasteiger partial charge in [0.15, 0.2) is 0 Å². The van der Waals surface area contributed by atoms with Crippen LogP contribution in [0, 0.1) is 11.3 Å². The molecule has 84 valence electrons. The quantitative estimate of drug-likeness (QED) is 0.830. The van der Waals surface area contributed by atoms with Crippen molar-refractivity contribution in [3.8, 4) is 0 Å². The van der Waals surface area contributed by atoms with E-state index >= 15 is 0 Å². The number of aliphatic hydroxyl groups is 1. The van der Waals surface area contributed by atoms with E-state index in [4.69, 9.17) is 5.73 Å². The highest BCUT2D eigenvalue weighted by Gasteiger charge is 2.42. The minimum atomic E-state index is -0.376. The van der Waals surface area contributed by atoms with E-state index in [9.17, 15) is 5.11 Å². The van der Waals surface area contributed by atoms with Crippen LogP contribution in [0.3, 0.4) is 0 Å². The molecule has 0 radical (unpaired) electrons. The van der Waals surface area contributed by atoms with Gasteiger partial charge in [-0.05, 0) is 41.1 Å². The van der Waals surface area contributed by atoms with E-state index in [1.807, 2.05) is 16.8 Å². The van der Waals surface area contributed by atoms with Crippen molar-refractivity contribution in [3.05, 3.63) is 22.4 Å². The number of hydrogen-bond acceptors (Lipinski definition) is 3. The van der Waals surface area contributed by atoms with Crippen molar-refractivity contribution in [1.82, 2.24) is 0 Å². The third-order valence-electron chi connectivity index (χ3n) is 3.74. The molecule has 3 heteroatoms. The molecule has 3 unspecified atom stereocenters. The Morgan fingerprint density at radius 3 is 3.00 bits per heavy atom. The molecule has 1 aliphatic carbocycles. The summed E-state index contributed by atoms with van der Waals surface area (Å²) in [6.45, 7) is 2.84. The van der Waals surface area contributed by atoms with Gasteiger partial charge < -0.3 is 10.8 Å². The van der Waals surface area contributed by atoms with Crippen LogP contribution in [-0.4, -0.2) is 11.7 Å². The molecular formula is C12H19NOS. The molecule has 1 aromatic rings. The molecule has 0 bridgehead atoms. The predicted octanol–water partition coefficient (Wildman–Crippen LogP) is 2.55. The maximum absolute atomic E-state index is 10.4. The Morgan fingerprint density at radius 2 is 2.53 bits per heavy atom. The standard InChI is InChI=1S/C12H19NOS/c1-9-2-4-12(6-9,8-13)11(14)10-3-5-15-7-10/h3,5,7,9,11,14H,2,4,6,8,13H2,1H3. The second-order valence-electron chi connectivity index (χ2n) is 4.87. The van der Waals surface area contributed by atoms with Crippen LogP contribution in [0.5, 0.6) is 0 Å². The van der Waals surface area contributed by atoms with Crippen molar-refractivity contribution in [3.63, 3.8) is 0 Å². The van der Waals surface area contributed by atoms with Gasteiger partial charge in [0.1, 0.15) is 0 Å². The summed E-state index contributed by atoms with van der Waals surface area (Å²) in [5.74, 6) is 0.696. The van der Waals surface area contributed by atoms with E-state index in [-0.39, 0.29) is 11.5 Å². The summed E-state index contributed by atoms with van der Waals surface area (Å²) in [5.41, 5.74) is 6.85. The molecule has 3 N–H and O–H groups in total. The number of nitrogens with two attached hydrogens (primary N) is 1. The summed E-state index contributed by atoms with van der Waals surface area (Å²) in [6.07, 6.45) is 2.93. The fraction of sp³-hybridized carbons (Fsp3) is 0.667. The lowest BCUT2D eigenvalue weighted by Crippen LogP contribution is -2.34. The number of thiophene rings is 1. The molecule has 0 spiro atoms. The first kappa shape index (κ1) is 11.1. The van der Waals surface area contributed by atoms with E-state index < -0.39 is 0 Å². The predicted molar refractivity (Wildman–Crippen MR) is 63.8 cm³/mol. The highest BCUT2D eigenvalue weighted by molar-refractivity contribution is 7.07. The molecule has 0 aliphatic heterocycles. The van der Waals surface area contributed by atoms with Gasteiger partial charge in [-0.1, -0.05) is 13.3 Å². The van der Waals surface area contributed by atoms with Crippen LogP contribution in [0.25, 0.3) is 0 Å². The minimum absolute atomic E-state index is 0.0690. The smallest absolute Gasteiger partial charge is 0.0866 e. The first-order valence-electron chi connectivity index (χ1n) is 5.58. The Balaban J connectivity index is 2.20. The van der Waals surface area contributed by atoms with Crippen LogP contribution >= 0.6 is 11.3 Å². The van der Waals surface area contributed by atoms with E-state index in [1.165, 1.54) is 6.42 Å². The lowest BCUT2D eigenvalue weighted by molar-refractivity contribution is 0.0311. The van der Waals surface area contributed by atoms with Crippen LogP contribution in [0.4, 0.5) is 0 Å². The molecule has 3 atom stereocenters. The zero-order valence-electron chi connectivity index (χ0n) is 9.15. The Morgan fingerprint density at radius 1 is 1.73 bits per heavy atom. The number of aliphatic hydroxyl groups excluding tert-OH is 1. The summed E-state index contributed by atoms with van der Waals surface area (Å²) in [7, 11) is 0. The van der Waals surface area contributed by atoms with E-state index in [0.717, 1.165) is 18.4 Å². The van der Waals surface area contributed by atoms with Gasteiger partial charge in [-0.3, -0.25) is 0 Å². The molecule has 0 saturated heterocycles. The molecule has 0 aromatic carbocycles. The SMILES string of the molecule is CC1CCC(CN)(C(O)c2ccsc2)C1. The number of rotatable bonds is 3. The van der Waals surface area contributed by atoms with E-state index in [1.54, 1.807) is 11.3 Å². The van der Waals surface area contributed by atoms with Crippen LogP contribution in [-0.2, 0) is 0 Å². The monoisotopic (exact) mass is 225 g/mol. The Hall–Kier alpha value is -0.380. The minimum Gasteiger partial charge on any atom is -0.388 e. The zero-order valence-corrected chi connectivity index (χ0v) is 9.96. The maximum Gasteiger partial charge on any atom is 0.0866 e. The molecule has 1 fully saturated rings. The van der Waals surface area contributed by atoms with Crippen LogP contribution in [0.15, 0.2) is 16.8 Å². The molecule has 1 heterocycles. The molecule has 1 aliphatic rings. The average Bonchev–Trinajstić information content (AvgIpc) is 2.86. The van der Waals surface area contributed by atoms with E-state index in [0.29, 0.717) is 12.5 Å². The van der Waals surface area contributed by atoms with Crippen molar-refractivity contribution < 1.29 is 5.11 Å². The summed E-state index contributed by atoms with van der Waals surface area (Å²) in [4.78, 5) is 0. The Kier molecular flexibility index (Phi) is 3.14. The first-order chi connectivity index (χ1) is 7.18. The molecular weight excluding hydrogens is 206 g/mol. The lowest BCUT2D eigenvalue weighted by atomic mass is 9.77. The average molecular weight is 225 g/mol. The van der Waals surface area contributed by atoms with Gasteiger partial charge in [0, 0.05) is 12.0 Å². The first-order valence-corrected chi connectivity index (χ1v) is 6.52. The topological polar surface area (TPSA) is 46.2 Å². The van der Waals surface area contributed by atoms with E-state index in [2.05, 4.69) is 6.92 Å². The summed E-state index contributed by atoms with van der Waals surface area (Å²) in [6, 6.07) is 2.01. The lowest BCUT2D eigenvalue weighted by Gasteiger charge is -2.33. The molecule has 1 saturated carbocycles. The molecule has 2 rings (SSSR count). The molecule has 15 heavy (non-hydrogen) atoms. The third-order valence-corrected chi connectivity index (χ3v) is 4.44. The molecule has 1 aromatic heterocycles. The van der Waals surface area contributed by atoms with Crippen molar-refractivity contribution in [2.75, 3.05) is 6.54 Å². The van der Waals surface area contributed by atoms with Crippen molar-refractivity contribution in [2.24, 2.45) is 17.1 Å². The maximum atomic E-state index is 10.4.